The molecule has 2 aliphatic heterocycles. The molecule has 4 nitrogen and oxygen atoms in total. The van der Waals surface area contributed by atoms with Gasteiger partial charge in [0, 0.05) is 5.92 Å². The Labute approximate surface area is 96.9 Å². The summed E-state index contributed by atoms with van der Waals surface area (Å²) in [5.74, 6) is -0.418. The van der Waals surface area contributed by atoms with Crippen molar-refractivity contribution in [3.8, 4) is 0 Å². The van der Waals surface area contributed by atoms with Crippen molar-refractivity contribution in [2.24, 2.45) is 5.92 Å². The first-order valence-electron chi connectivity index (χ1n) is 5.93. The van der Waals surface area contributed by atoms with Crippen molar-refractivity contribution in [2.45, 2.75) is 57.7 Å². The van der Waals surface area contributed by atoms with Gasteiger partial charge in [-0.3, -0.25) is 0 Å². The van der Waals surface area contributed by atoms with E-state index in [9.17, 15) is 5.11 Å². The zero-order valence-electron chi connectivity index (χ0n) is 10.5. The van der Waals surface area contributed by atoms with Crippen molar-refractivity contribution < 1.29 is 19.3 Å². The predicted molar refractivity (Wildman–Crippen MR) is 59.0 cm³/mol. The van der Waals surface area contributed by atoms with E-state index in [1.165, 1.54) is 0 Å². The van der Waals surface area contributed by atoms with Gasteiger partial charge in [-0.05, 0) is 34.1 Å². The van der Waals surface area contributed by atoms with Crippen LogP contribution in [-0.2, 0) is 14.2 Å². The number of hydrogen-bond acceptors (Lipinski definition) is 4. The van der Waals surface area contributed by atoms with E-state index < -0.39 is 11.9 Å². The Kier molecular flexibility index (Phi) is 3.03. The lowest BCUT2D eigenvalue weighted by atomic mass is 9.91. The van der Waals surface area contributed by atoms with E-state index in [-0.39, 0.29) is 17.6 Å². The van der Waals surface area contributed by atoms with E-state index in [1.807, 2.05) is 13.8 Å². The van der Waals surface area contributed by atoms with Crippen LogP contribution in [0.3, 0.4) is 0 Å². The van der Waals surface area contributed by atoms with Gasteiger partial charge in [0.2, 0.25) is 0 Å². The first-order chi connectivity index (χ1) is 7.29. The van der Waals surface area contributed by atoms with Gasteiger partial charge in [-0.15, -0.1) is 0 Å². The summed E-state index contributed by atoms with van der Waals surface area (Å²) in [4.78, 5) is 0. The first-order valence-corrected chi connectivity index (χ1v) is 5.93. The van der Waals surface area contributed by atoms with Gasteiger partial charge in [0.25, 0.3) is 0 Å². The molecule has 1 N–H and O–H groups in total. The number of hydrogen-bond donors (Lipinski definition) is 1. The third kappa shape index (κ3) is 2.56. The van der Waals surface area contributed by atoms with Crippen LogP contribution in [0, 0.1) is 5.92 Å². The SMILES string of the molecule is CC1(C)CC(C(O)C2COC(C)(C)O2)CO1. The van der Waals surface area contributed by atoms with E-state index >= 15 is 0 Å². The topological polar surface area (TPSA) is 47.9 Å². The maximum Gasteiger partial charge on any atom is 0.163 e. The fourth-order valence-corrected chi connectivity index (χ4v) is 2.49. The minimum absolute atomic E-state index is 0.124. The molecule has 0 bridgehead atoms. The highest BCUT2D eigenvalue weighted by Crippen LogP contribution is 2.35. The molecule has 4 heteroatoms. The fraction of sp³-hybridized carbons (Fsp3) is 1.00. The minimum Gasteiger partial charge on any atom is -0.390 e. The molecule has 2 fully saturated rings. The van der Waals surface area contributed by atoms with Gasteiger partial charge >= 0.3 is 0 Å². The van der Waals surface area contributed by atoms with Crippen molar-refractivity contribution in [2.75, 3.05) is 13.2 Å². The molecule has 0 saturated carbocycles. The number of aliphatic hydroxyl groups excluding tert-OH is 1. The molecule has 2 heterocycles. The van der Waals surface area contributed by atoms with E-state index in [4.69, 9.17) is 14.2 Å². The molecule has 0 spiro atoms. The van der Waals surface area contributed by atoms with Crippen molar-refractivity contribution in [3.63, 3.8) is 0 Å². The Morgan fingerprint density at radius 1 is 1.12 bits per heavy atom. The van der Waals surface area contributed by atoms with E-state index in [0.29, 0.717) is 13.2 Å². The van der Waals surface area contributed by atoms with Crippen LogP contribution in [0.2, 0.25) is 0 Å². The maximum absolute atomic E-state index is 10.2. The van der Waals surface area contributed by atoms with Gasteiger partial charge in [-0.2, -0.15) is 0 Å². The Balaban J connectivity index is 1.92. The molecule has 0 aromatic heterocycles. The average molecular weight is 230 g/mol. The molecular formula is C12H22O4. The molecule has 0 amide bonds. The van der Waals surface area contributed by atoms with E-state index in [1.54, 1.807) is 0 Å². The quantitative estimate of drug-likeness (QED) is 0.777. The van der Waals surface area contributed by atoms with Gasteiger partial charge in [0.1, 0.15) is 6.10 Å². The summed E-state index contributed by atoms with van der Waals surface area (Å²) >= 11 is 0. The zero-order valence-corrected chi connectivity index (χ0v) is 10.5. The molecule has 16 heavy (non-hydrogen) atoms. The second-order valence-corrected chi connectivity index (χ2v) is 5.89. The summed E-state index contributed by atoms with van der Waals surface area (Å²) in [5.41, 5.74) is -0.124. The molecular weight excluding hydrogens is 208 g/mol. The molecule has 0 radical (unpaired) electrons. The molecule has 2 rings (SSSR count). The van der Waals surface area contributed by atoms with Gasteiger partial charge < -0.3 is 19.3 Å². The van der Waals surface area contributed by atoms with Crippen molar-refractivity contribution >= 4 is 0 Å². The minimum atomic E-state index is -0.569. The van der Waals surface area contributed by atoms with Crippen LogP contribution in [0.1, 0.15) is 34.1 Å². The first kappa shape index (κ1) is 12.3. The van der Waals surface area contributed by atoms with Crippen LogP contribution < -0.4 is 0 Å². The average Bonchev–Trinajstić information content (AvgIpc) is 2.68. The molecule has 3 atom stereocenters. The summed E-state index contributed by atoms with van der Waals surface area (Å²) in [6, 6.07) is 0. The molecule has 0 aromatic carbocycles. The predicted octanol–water partition coefficient (Wildman–Crippen LogP) is 1.31. The smallest absolute Gasteiger partial charge is 0.163 e. The van der Waals surface area contributed by atoms with Crippen LogP contribution in [-0.4, -0.2) is 41.9 Å². The lowest BCUT2D eigenvalue weighted by Crippen LogP contribution is -2.37. The van der Waals surface area contributed by atoms with Crippen LogP contribution >= 0.6 is 0 Å². The highest BCUT2D eigenvalue weighted by molar-refractivity contribution is 4.89. The summed E-state index contributed by atoms with van der Waals surface area (Å²) in [5, 5.41) is 10.2. The summed E-state index contributed by atoms with van der Waals surface area (Å²) < 4.78 is 16.8. The second-order valence-electron chi connectivity index (χ2n) is 5.89. The summed E-state index contributed by atoms with van der Waals surface area (Å²) in [6.45, 7) is 8.91. The van der Waals surface area contributed by atoms with Gasteiger partial charge in [0.05, 0.1) is 24.9 Å². The number of rotatable bonds is 2. The molecule has 94 valence electrons. The van der Waals surface area contributed by atoms with E-state index in [2.05, 4.69) is 13.8 Å². The Bertz CT molecular complexity index is 236. The van der Waals surface area contributed by atoms with E-state index in [0.717, 1.165) is 6.42 Å². The standard InChI is InChI=1S/C12H22O4/c1-11(2)5-8(6-14-11)10(13)9-7-15-12(3,4)16-9/h8-10,13H,5-7H2,1-4H3. The normalized spacial score (nSPS) is 38.8. The monoisotopic (exact) mass is 230 g/mol. The molecule has 2 saturated heterocycles. The second kappa shape index (κ2) is 3.95. The van der Waals surface area contributed by atoms with Crippen molar-refractivity contribution in [3.05, 3.63) is 0 Å². The molecule has 0 aliphatic carbocycles. The van der Waals surface area contributed by atoms with Crippen LogP contribution in [0.25, 0.3) is 0 Å². The van der Waals surface area contributed by atoms with Crippen LogP contribution in [0.15, 0.2) is 0 Å². The molecule has 2 aliphatic rings. The summed E-state index contributed by atoms with van der Waals surface area (Å²) in [7, 11) is 0. The van der Waals surface area contributed by atoms with Crippen molar-refractivity contribution in [1.82, 2.24) is 0 Å². The van der Waals surface area contributed by atoms with Crippen molar-refractivity contribution in [1.29, 1.82) is 0 Å². The largest absolute Gasteiger partial charge is 0.390 e. The Morgan fingerprint density at radius 3 is 2.25 bits per heavy atom. The maximum atomic E-state index is 10.2. The Hall–Kier alpha value is -0.160. The fourth-order valence-electron chi connectivity index (χ4n) is 2.49. The molecule has 0 aromatic rings. The third-order valence-corrected chi connectivity index (χ3v) is 3.34. The van der Waals surface area contributed by atoms with Gasteiger partial charge in [0.15, 0.2) is 5.79 Å². The lowest BCUT2D eigenvalue weighted by molar-refractivity contribution is -0.155. The third-order valence-electron chi connectivity index (χ3n) is 3.34. The highest BCUT2D eigenvalue weighted by atomic mass is 16.7. The van der Waals surface area contributed by atoms with Gasteiger partial charge in [-0.1, -0.05) is 0 Å². The lowest BCUT2D eigenvalue weighted by Gasteiger charge is -2.24. The number of ether oxygens (including phenoxy) is 3. The zero-order chi connectivity index (χ0) is 12.0. The Morgan fingerprint density at radius 2 is 1.81 bits per heavy atom. The van der Waals surface area contributed by atoms with Crippen LogP contribution in [0.5, 0.6) is 0 Å². The van der Waals surface area contributed by atoms with Gasteiger partial charge in [-0.25, -0.2) is 0 Å². The number of aliphatic hydroxyl groups is 1. The summed E-state index contributed by atoms with van der Waals surface area (Å²) in [6.07, 6.45) is 0.148. The van der Waals surface area contributed by atoms with Crippen LogP contribution in [0.4, 0.5) is 0 Å². The molecule has 3 unspecified atom stereocenters. The highest BCUT2D eigenvalue weighted by Gasteiger charge is 2.43.